The molecule has 0 aliphatic carbocycles. The topological polar surface area (TPSA) is 29.1 Å². The second-order valence-corrected chi connectivity index (χ2v) is 5.03. The quantitative estimate of drug-likeness (QED) is 0.832. The molecule has 1 heterocycles. The maximum Gasteiger partial charge on any atom is 0.390 e. The summed E-state index contributed by atoms with van der Waals surface area (Å²) in [5.74, 6) is -0.126. The fourth-order valence-electron chi connectivity index (χ4n) is 1.77. The zero-order valence-corrected chi connectivity index (χ0v) is 10.2. The average molecular weight is 308 g/mol. The third-order valence-electron chi connectivity index (χ3n) is 2.53. The zero-order valence-electron chi connectivity index (χ0n) is 8.64. The first-order valence-electron chi connectivity index (χ1n) is 4.98. The molecule has 1 amide bonds. The molecule has 1 aliphatic heterocycles. The van der Waals surface area contributed by atoms with E-state index < -0.39 is 17.4 Å². The summed E-state index contributed by atoms with van der Waals surface area (Å²) in [6, 6.07) is 4.87. The molecular weight excluding hydrogens is 299 g/mol. The number of benzene rings is 1. The highest BCUT2D eigenvalue weighted by Crippen LogP contribution is 2.37. The van der Waals surface area contributed by atoms with Gasteiger partial charge in [-0.3, -0.25) is 4.79 Å². The van der Waals surface area contributed by atoms with Gasteiger partial charge >= 0.3 is 6.18 Å². The molecule has 0 saturated heterocycles. The van der Waals surface area contributed by atoms with Gasteiger partial charge in [0, 0.05) is 10.5 Å². The number of anilines is 1. The van der Waals surface area contributed by atoms with Crippen molar-refractivity contribution in [1.82, 2.24) is 0 Å². The zero-order chi connectivity index (χ0) is 12.6. The van der Waals surface area contributed by atoms with Gasteiger partial charge in [-0.05, 0) is 17.2 Å². The Morgan fingerprint density at radius 2 is 2.12 bits per heavy atom. The van der Waals surface area contributed by atoms with Crippen molar-refractivity contribution in [2.75, 3.05) is 5.32 Å². The Balaban J connectivity index is 2.18. The Labute approximate surface area is 104 Å². The average Bonchev–Trinajstić information content (AvgIpc) is 2.53. The van der Waals surface area contributed by atoms with Crippen LogP contribution in [0.3, 0.4) is 0 Å². The van der Waals surface area contributed by atoms with Gasteiger partial charge in [-0.1, -0.05) is 28.1 Å². The number of carbonyl (C=O) groups excluding carboxylic acids is 1. The van der Waals surface area contributed by atoms with E-state index in [1.165, 1.54) is 0 Å². The van der Waals surface area contributed by atoms with E-state index in [4.69, 9.17) is 0 Å². The van der Waals surface area contributed by atoms with Gasteiger partial charge < -0.3 is 5.32 Å². The van der Waals surface area contributed by atoms with Crippen molar-refractivity contribution >= 4 is 27.5 Å². The van der Waals surface area contributed by atoms with E-state index in [0.717, 1.165) is 5.56 Å². The van der Waals surface area contributed by atoms with Crippen LogP contribution in [0.15, 0.2) is 18.2 Å². The van der Waals surface area contributed by atoms with Gasteiger partial charge in [0.25, 0.3) is 0 Å². The molecule has 1 N–H and O–H groups in total. The molecule has 2 nitrogen and oxygen atoms in total. The fourth-order valence-corrected chi connectivity index (χ4v) is 2.42. The van der Waals surface area contributed by atoms with Crippen LogP contribution in [0.2, 0.25) is 0 Å². The van der Waals surface area contributed by atoms with Crippen molar-refractivity contribution in [3.05, 3.63) is 29.3 Å². The molecule has 1 aromatic rings. The van der Waals surface area contributed by atoms with Crippen molar-refractivity contribution in [3.63, 3.8) is 0 Å². The van der Waals surface area contributed by atoms with Crippen LogP contribution >= 0.6 is 15.9 Å². The van der Waals surface area contributed by atoms with E-state index in [1.807, 2.05) is 0 Å². The van der Waals surface area contributed by atoms with Gasteiger partial charge in [-0.2, -0.15) is 13.2 Å². The van der Waals surface area contributed by atoms with Crippen LogP contribution < -0.4 is 5.32 Å². The predicted octanol–water partition coefficient (Wildman–Crippen LogP) is 3.57. The van der Waals surface area contributed by atoms with E-state index in [9.17, 15) is 18.0 Å². The van der Waals surface area contributed by atoms with Crippen LogP contribution in [-0.4, -0.2) is 12.1 Å². The van der Waals surface area contributed by atoms with Crippen LogP contribution in [0.1, 0.15) is 22.4 Å². The number of fused-ring (bicyclic) bond motifs is 1. The molecule has 17 heavy (non-hydrogen) atoms. The maximum atomic E-state index is 12.2. The molecule has 0 radical (unpaired) electrons. The highest BCUT2D eigenvalue weighted by molar-refractivity contribution is 9.09. The summed E-state index contributed by atoms with van der Waals surface area (Å²) in [7, 11) is 0. The molecule has 92 valence electrons. The van der Waals surface area contributed by atoms with Crippen LogP contribution in [0.25, 0.3) is 0 Å². The van der Waals surface area contributed by atoms with Crippen LogP contribution in [0.5, 0.6) is 0 Å². The molecule has 1 unspecified atom stereocenters. The standard InChI is InChI=1S/C11H9BrF3NO/c12-8(5-11(13,14)15)6-1-2-9-7(3-6)4-10(17)16-9/h1-3,8H,4-5H2,(H,16,17). The molecule has 0 bridgehead atoms. The number of carbonyl (C=O) groups is 1. The van der Waals surface area contributed by atoms with Crippen molar-refractivity contribution in [2.45, 2.75) is 23.8 Å². The minimum Gasteiger partial charge on any atom is -0.326 e. The number of hydrogen-bond acceptors (Lipinski definition) is 1. The monoisotopic (exact) mass is 307 g/mol. The Kier molecular flexibility index (Phi) is 3.16. The number of halogens is 4. The number of nitrogens with one attached hydrogen (secondary N) is 1. The van der Waals surface area contributed by atoms with Gasteiger partial charge in [0.15, 0.2) is 0 Å². The molecule has 0 aromatic heterocycles. The Hall–Kier alpha value is -1.04. The summed E-state index contributed by atoms with van der Waals surface area (Å²) in [5.41, 5.74) is 1.97. The smallest absolute Gasteiger partial charge is 0.326 e. The van der Waals surface area contributed by atoms with E-state index >= 15 is 0 Å². The summed E-state index contributed by atoms with van der Waals surface area (Å²) in [6.45, 7) is 0. The van der Waals surface area contributed by atoms with Crippen molar-refractivity contribution in [3.8, 4) is 0 Å². The lowest BCUT2D eigenvalue weighted by Gasteiger charge is -2.13. The minimum atomic E-state index is -4.21. The van der Waals surface area contributed by atoms with Gasteiger partial charge in [-0.15, -0.1) is 0 Å². The summed E-state index contributed by atoms with van der Waals surface area (Å²) >= 11 is 3.02. The summed E-state index contributed by atoms with van der Waals surface area (Å²) in [6.07, 6.45) is -4.90. The molecule has 1 atom stereocenters. The molecule has 1 aliphatic rings. The van der Waals surface area contributed by atoms with E-state index in [1.54, 1.807) is 18.2 Å². The van der Waals surface area contributed by atoms with E-state index in [-0.39, 0.29) is 12.3 Å². The lowest BCUT2D eigenvalue weighted by Crippen LogP contribution is -2.10. The Morgan fingerprint density at radius 3 is 2.76 bits per heavy atom. The van der Waals surface area contributed by atoms with Crippen molar-refractivity contribution < 1.29 is 18.0 Å². The lowest BCUT2D eigenvalue weighted by atomic mass is 10.0. The second-order valence-electron chi connectivity index (χ2n) is 3.93. The Bertz CT molecular complexity index is 459. The second kappa shape index (κ2) is 4.33. The first-order chi connectivity index (χ1) is 7.85. The first-order valence-corrected chi connectivity index (χ1v) is 5.90. The molecule has 2 rings (SSSR count). The number of alkyl halides is 4. The van der Waals surface area contributed by atoms with Gasteiger partial charge in [0.05, 0.1) is 12.8 Å². The highest BCUT2D eigenvalue weighted by atomic mass is 79.9. The highest BCUT2D eigenvalue weighted by Gasteiger charge is 2.32. The van der Waals surface area contributed by atoms with Crippen molar-refractivity contribution in [1.29, 1.82) is 0 Å². The van der Waals surface area contributed by atoms with Crippen LogP contribution in [0, 0.1) is 0 Å². The number of rotatable bonds is 2. The largest absolute Gasteiger partial charge is 0.390 e. The summed E-state index contributed by atoms with van der Waals surface area (Å²) in [4.78, 5) is 10.3. The molecular formula is C11H9BrF3NO. The van der Waals surface area contributed by atoms with Crippen molar-refractivity contribution in [2.24, 2.45) is 0 Å². The minimum absolute atomic E-state index is 0.126. The van der Waals surface area contributed by atoms with E-state index in [0.29, 0.717) is 11.3 Å². The molecule has 6 heteroatoms. The molecule has 0 spiro atoms. The van der Waals surface area contributed by atoms with Gasteiger partial charge in [0.2, 0.25) is 5.91 Å². The number of amides is 1. The van der Waals surface area contributed by atoms with E-state index in [2.05, 4.69) is 21.2 Å². The normalized spacial score (nSPS) is 16.6. The third kappa shape index (κ3) is 3.00. The van der Waals surface area contributed by atoms with Gasteiger partial charge in [-0.25, -0.2) is 0 Å². The fraction of sp³-hybridized carbons (Fsp3) is 0.364. The molecule has 0 fully saturated rings. The predicted molar refractivity (Wildman–Crippen MR) is 61.1 cm³/mol. The summed E-state index contributed by atoms with van der Waals surface area (Å²) in [5, 5.41) is 2.64. The van der Waals surface area contributed by atoms with Crippen LogP contribution in [-0.2, 0) is 11.2 Å². The SMILES string of the molecule is O=C1Cc2cc(C(Br)CC(F)(F)F)ccc2N1. The first kappa shape index (κ1) is 12.4. The Morgan fingerprint density at radius 1 is 1.41 bits per heavy atom. The van der Waals surface area contributed by atoms with Gasteiger partial charge in [0.1, 0.15) is 0 Å². The third-order valence-corrected chi connectivity index (χ3v) is 3.38. The molecule has 1 aromatic carbocycles. The maximum absolute atomic E-state index is 12.2. The van der Waals surface area contributed by atoms with Crippen LogP contribution in [0.4, 0.5) is 18.9 Å². The number of hydrogen-bond donors (Lipinski definition) is 1. The molecule has 0 saturated carbocycles. The lowest BCUT2D eigenvalue weighted by molar-refractivity contribution is -0.134. The summed E-state index contributed by atoms with van der Waals surface area (Å²) < 4.78 is 36.7.